The average Bonchev–Trinajstić information content (AvgIpc) is 3.01. The van der Waals surface area contributed by atoms with Crippen LogP contribution in [0.4, 0.5) is 10.1 Å². The van der Waals surface area contributed by atoms with Gasteiger partial charge in [-0.1, -0.05) is 24.9 Å². The fourth-order valence-corrected chi connectivity index (χ4v) is 4.51. The second-order valence-corrected chi connectivity index (χ2v) is 8.46. The van der Waals surface area contributed by atoms with E-state index in [9.17, 15) is 23.6 Å². The average molecular weight is 474 g/mol. The SMILES string of the molecule is CCCCOC(=O)C1=C(C(=O)N(C(C)=O)c2c(F)sc(CC(=O)OC)c2Cl)CCCC1. The van der Waals surface area contributed by atoms with E-state index in [2.05, 4.69) is 4.74 Å². The number of hydrogen-bond acceptors (Lipinski definition) is 7. The molecule has 10 heteroatoms. The molecular formula is C21H25ClFNO6S. The summed E-state index contributed by atoms with van der Waals surface area (Å²) < 4.78 is 24.6. The number of imide groups is 1. The van der Waals surface area contributed by atoms with E-state index in [-0.39, 0.29) is 40.5 Å². The van der Waals surface area contributed by atoms with Crippen LogP contribution in [0.15, 0.2) is 11.1 Å². The Kier molecular flexibility index (Phi) is 9.18. The van der Waals surface area contributed by atoms with E-state index in [0.29, 0.717) is 41.9 Å². The lowest BCUT2D eigenvalue weighted by atomic mass is 9.90. The summed E-state index contributed by atoms with van der Waals surface area (Å²) in [5.41, 5.74) is -0.0841. The summed E-state index contributed by atoms with van der Waals surface area (Å²) in [4.78, 5) is 50.5. The smallest absolute Gasteiger partial charge is 0.334 e. The van der Waals surface area contributed by atoms with Crippen molar-refractivity contribution in [2.45, 2.75) is 58.8 Å². The Balaban J connectivity index is 2.44. The maximum absolute atomic E-state index is 14.8. The van der Waals surface area contributed by atoms with Crippen molar-refractivity contribution in [1.82, 2.24) is 0 Å². The van der Waals surface area contributed by atoms with E-state index >= 15 is 0 Å². The number of ether oxygens (including phenoxy) is 2. The second kappa shape index (κ2) is 11.4. The highest BCUT2D eigenvalue weighted by Gasteiger charge is 2.35. The number of esters is 2. The Morgan fingerprint density at radius 3 is 2.39 bits per heavy atom. The molecule has 0 fully saturated rings. The number of amides is 2. The molecule has 0 spiro atoms. The van der Waals surface area contributed by atoms with Crippen LogP contribution in [-0.4, -0.2) is 37.5 Å². The molecule has 0 aliphatic heterocycles. The Hall–Kier alpha value is -2.26. The molecular weight excluding hydrogens is 449 g/mol. The molecule has 1 aliphatic rings. The number of unbranched alkanes of at least 4 members (excludes halogenated alkanes) is 1. The monoisotopic (exact) mass is 473 g/mol. The standard InChI is InChI=1S/C21H25ClFNO6S/c1-4-5-10-30-21(28)14-9-7-6-8-13(14)20(27)24(12(2)25)18-17(22)15(31-19(18)23)11-16(26)29-3/h4-11H2,1-3H3. The molecule has 0 saturated carbocycles. The summed E-state index contributed by atoms with van der Waals surface area (Å²) in [6, 6.07) is 0. The zero-order valence-corrected chi connectivity index (χ0v) is 19.3. The van der Waals surface area contributed by atoms with Crippen molar-refractivity contribution >= 4 is 52.4 Å². The van der Waals surface area contributed by atoms with Crippen LogP contribution in [0.1, 0.15) is 57.2 Å². The maximum atomic E-state index is 14.8. The molecule has 1 aromatic heterocycles. The number of methoxy groups -OCH3 is 1. The molecule has 2 amide bonds. The van der Waals surface area contributed by atoms with Gasteiger partial charge < -0.3 is 9.47 Å². The van der Waals surface area contributed by atoms with Crippen LogP contribution < -0.4 is 4.90 Å². The number of carbonyl (C=O) groups is 4. The van der Waals surface area contributed by atoms with Gasteiger partial charge in [-0.3, -0.25) is 14.4 Å². The first-order valence-corrected chi connectivity index (χ1v) is 11.2. The van der Waals surface area contributed by atoms with Crippen molar-refractivity contribution in [2.75, 3.05) is 18.6 Å². The number of rotatable bonds is 8. The van der Waals surface area contributed by atoms with Crippen LogP contribution in [0.2, 0.25) is 5.02 Å². The summed E-state index contributed by atoms with van der Waals surface area (Å²) in [5.74, 6) is -2.80. The zero-order chi connectivity index (χ0) is 23.1. The van der Waals surface area contributed by atoms with E-state index < -0.39 is 34.6 Å². The molecule has 1 aliphatic carbocycles. The Bertz CT molecular complexity index is 910. The van der Waals surface area contributed by atoms with Gasteiger partial charge in [0.25, 0.3) is 5.91 Å². The molecule has 0 saturated heterocycles. The van der Waals surface area contributed by atoms with Crippen LogP contribution in [0.5, 0.6) is 0 Å². The predicted molar refractivity (Wildman–Crippen MR) is 115 cm³/mol. The largest absolute Gasteiger partial charge is 0.469 e. The van der Waals surface area contributed by atoms with Gasteiger partial charge in [0.05, 0.1) is 25.2 Å². The summed E-state index contributed by atoms with van der Waals surface area (Å²) in [5, 5.41) is -1.09. The second-order valence-electron chi connectivity index (χ2n) is 7.03. The number of carbonyl (C=O) groups excluding carboxylic acids is 4. The molecule has 1 heterocycles. The molecule has 31 heavy (non-hydrogen) atoms. The molecule has 0 bridgehead atoms. The van der Waals surface area contributed by atoms with Crippen molar-refractivity contribution in [1.29, 1.82) is 0 Å². The third-order valence-electron chi connectivity index (χ3n) is 4.83. The Labute approximate surface area is 189 Å². The predicted octanol–water partition coefficient (Wildman–Crippen LogP) is 4.35. The molecule has 0 aromatic carbocycles. The normalized spacial score (nSPS) is 13.7. The number of thiophene rings is 1. The first-order valence-electron chi connectivity index (χ1n) is 10.0. The third-order valence-corrected chi connectivity index (χ3v) is 6.32. The number of nitrogens with zero attached hydrogens (tertiary/aromatic N) is 1. The lowest BCUT2D eigenvalue weighted by Crippen LogP contribution is -2.38. The van der Waals surface area contributed by atoms with Crippen molar-refractivity contribution in [3.8, 4) is 0 Å². The summed E-state index contributed by atoms with van der Waals surface area (Å²) in [6.07, 6.45) is 3.19. The fourth-order valence-electron chi connectivity index (χ4n) is 3.22. The highest BCUT2D eigenvalue weighted by molar-refractivity contribution is 7.11. The van der Waals surface area contributed by atoms with Gasteiger partial charge in [-0.2, -0.15) is 4.39 Å². The van der Waals surface area contributed by atoms with Gasteiger partial charge in [-0.15, -0.1) is 11.3 Å². The van der Waals surface area contributed by atoms with Gasteiger partial charge in [0, 0.05) is 22.9 Å². The summed E-state index contributed by atoms with van der Waals surface area (Å²) in [7, 11) is 1.18. The summed E-state index contributed by atoms with van der Waals surface area (Å²) in [6.45, 7) is 3.30. The summed E-state index contributed by atoms with van der Waals surface area (Å²) >= 11 is 6.81. The third kappa shape index (κ3) is 5.92. The van der Waals surface area contributed by atoms with Crippen LogP contribution in [0.25, 0.3) is 0 Å². The quantitative estimate of drug-likeness (QED) is 0.412. The van der Waals surface area contributed by atoms with Gasteiger partial charge in [-0.05, 0) is 32.1 Å². The minimum absolute atomic E-state index is 0.124. The minimum Gasteiger partial charge on any atom is -0.469 e. The number of halogens is 2. The molecule has 2 rings (SSSR count). The fraction of sp³-hybridized carbons (Fsp3) is 0.524. The van der Waals surface area contributed by atoms with Crippen LogP contribution in [0, 0.1) is 5.13 Å². The number of hydrogen-bond donors (Lipinski definition) is 0. The number of anilines is 1. The molecule has 170 valence electrons. The first kappa shape index (κ1) is 25.0. The minimum atomic E-state index is -0.879. The first-order chi connectivity index (χ1) is 14.7. The van der Waals surface area contributed by atoms with E-state index in [1.165, 1.54) is 7.11 Å². The van der Waals surface area contributed by atoms with Crippen LogP contribution in [-0.2, 0) is 35.1 Å². The Morgan fingerprint density at radius 2 is 1.81 bits per heavy atom. The molecule has 0 radical (unpaired) electrons. The molecule has 0 N–H and O–H groups in total. The molecule has 0 atom stereocenters. The molecule has 1 aromatic rings. The topological polar surface area (TPSA) is 90.0 Å². The lowest BCUT2D eigenvalue weighted by molar-refractivity contribution is -0.140. The van der Waals surface area contributed by atoms with Gasteiger partial charge in [-0.25, -0.2) is 9.69 Å². The van der Waals surface area contributed by atoms with E-state index in [1.807, 2.05) is 6.92 Å². The van der Waals surface area contributed by atoms with Crippen LogP contribution >= 0.6 is 22.9 Å². The molecule has 0 unspecified atom stereocenters. The van der Waals surface area contributed by atoms with Gasteiger partial charge >= 0.3 is 11.9 Å². The van der Waals surface area contributed by atoms with Crippen molar-refractivity contribution in [3.05, 3.63) is 26.2 Å². The van der Waals surface area contributed by atoms with Gasteiger partial charge in [0.1, 0.15) is 5.69 Å². The highest BCUT2D eigenvalue weighted by Crippen LogP contribution is 2.41. The van der Waals surface area contributed by atoms with Crippen molar-refractivity contribution in [2.24, 2.45) is 0 Å². The lowest BCUT2D eigenvalue weighted by Gasteiger charge is -2.24. The van der Waals surface area contributed by atoms with Crippen molar-refractivity contribution < 1.29 is 33.0 Å². The highest BCUT2D eigenvalue weighted by atomic mass is 35.5. The Morgan fingerprint density at radius 1 is 1.16 bits per heavy atom. The van der Waals surface area contributed by atoms with Crippen molar-refractivity contribution in [3.63, 3.8) is 0 Å². The van der Waals surface area contributed by atoms with E-state index in [4.69, 9.17) is 16.3 Å². The van der Waals surface area contributed by atoms with Crippen LogP contribution in [0.3, 0.4) is 0 Å². The molecule has 7 nitrogen and oxygen atoms in total. The van der Waals surface area contributed by atoms with E-state index in [0.717, 1.165) is 13.3 Å². The maximum Gasteiger partial charge on any atom is 0.334 e. The van der Waals surface area contributed by atoms with E-state index in [1.54, 1.807) is 0 Å². The van der Waals surface area contributed by atoms with Gasteiger partial charge in [0.15, 0.2) is 0 Å². The zero-order valence-electron chi connectivity index (χ0n) is 17.7. The van der Waals surface area contributed by atoms with Gasteiger partial charge in [0.2, 0.25) is 11.0 Å².